The summed E-state index contributed by atoms with van der Waals surface area (Å²) < 4.78 is 5.73. The average Bonchev–Trinajstić information content (AvgIpc) is 2.14. The number of rotatable bonds is 4. The van der Waals surface area contributed by atoms with E-state index in [9.17, 15) is 0 Å². The zero-order valence-electron chi connectivity index (χ0n) is 8.41. The highest BCUT2D eigenvalue weighted by atomic mass is 32.1. The lowest BCUT2D eigenvalue weighted by Crippen LogP contribution is -2.32. The lowest BCUT2D eigenvalue weighted by atomic mass is 9.89. The van der Waals surface area contributed by atoms with Crippen LogP contribution in [-0.2, 0) is 4.74 Å². The van der Waals surface area contributed by atoms with E-state index in [4.69, 9.17) is 10.5 Å². The number of hydrogen-bond acceptors (Lipinski definition) is 3. The van der Waals surface area contributed by atoms with Gasteiger partial charge in [-0.25, -0.2) is 0 Å². The van der Waals surface area contributed by atoms with Gasteiger partial charge in [0.05, 0.1) is 12.7 Å². The largest absolute Gasteiger partial charge is 0.377 e. The van der Waals surface area contributed by atoms with Gasteiger partial charge in [-0.3, -0.25) is 0 Å². The molecule has 1 rings (SSSR count). The van der Waals surface area contributed by atoms with Crippen LogP contribution >= 0.6 is 12.6 Å². The van der Waals surface area contributed by atoms with E-state index in [2.05, 4.69) is 19.6 Å². The molecule has 3 unspecified atom stereocenters. The fourth-order valence-corrected chi connectivity index (χ4v) is 1.95. The summed E-state index contributed by atoms with van der Waals surface area (Å²) in [4.78, 5) is 0. The lowest BCUT2D eigenvalue weighted by molar-refractivity contribution is 0.0111. The van der Waals surface area contributed by atoms with Crippen molar-refractivity contribution in [1.82, 2.24) is 0 Å². The van der Waals surface area contributed by atoms with Crippen LogP contribution in [-0.4, -0.2) is 24.5 Å². The van der Waals surface area contributed by atoms with Gasteiger partial charge in [-0.2, -0.15) is 12.6 Å². The van der Waals surface area contributed by atoms with Gasteiger partial charge in [0.2, 0.25) is 0 Å². The summed E-state index contributed by atoms with van der Waals surface area (Å²) in [6.07, 6.45) is 5.54. The van der Waals surface area contributed by atoms with Gasteiger partial charge in [-0.15, -0.1) is 0 Å². The summed E-state index contributed by atoms with van der Waals surface area (Å²) in [5.74, 6) is 1.54. The predicted molar refractivity (Wildman–Crippen MR) is 59.2 cm³/mol. The molecule has 0 bridgehead atoms. The molecule has 13 heavy (non-hydrogen) atoms. The third-order valence-corrected chi connectivity index (χ3v) is 3.14. The highest BCUT2D eigenvalue weighted by Gasteiger charge is 2.19. The topological polar surface area (TPSA) is 35.2 Å². The van der Waals surface area contributed by atoms with E-state index in [1.54, 1.807) is 0 Å². The van der Waals surface area contributed by atoms with E-state index in [1.165, 1.54) is 25.7 Å². The van der Waals surface area contributed by atoms with Crippen molar-refractivity contribution in [2.24, 2.45) is 11.7 Å². The second kappa shape index (κ2) is 5.89. The van der Waals surface area contributed by atoms with Crippen LogP contribution in [0.15, 0.2) is 0 Å². The first-order valence-corrected chi connectivity index (χ1v) is 5.83. The van der Waals surface area contributed by atoms with E-state index in [0.29, 0.717) is 18.5 Å². The Bertz CT molecular complexity index is 143. The molecule has 0 aromatic carbocycles. The summed E-state index contributed by atoms with van der Waals surface area (Å²) >= 11 is 4.13. The maximum absolute atomic E-state index is 5.73. The minimum atomic E-state index is 0.0977. The van der Waals surface area contributed by atoms with E-state index in [1.807, 2.05) is 0 Å². The van der Waals surface area contributed by atoms with Crippen molar-refractivity contribution < 1.29 is 4.74 Å². The Hall–Kier alpha value is 0.270. The van der Waals surface area contributed by atoms with Gasteiger partial charge in [0.25, 0.3) is 0 Å². The lowest BCUT2D eigenvalue weighted by Gasteiger charge is -2.27. The van der Waals surface area contributed by atoms with Crippen LogP contribution in [0.25, 0.3) is 0 Å². The molecule has 1 aliphatic rings. The van der Waals surface area contributed by atoms with Gasteiger partial charge >= 0.3 is 0 Å². The molecule has 0 saturated heterocycles. The number of nitrogens with two attached hydrogens (primary N) is 1. The molecule has 78 valence electrons. The highest BCUT2D eigenvalue weighted by molar-refractivity contribution is 7.80. The standard InChI is InChI=1S/C10H21NOS/c1-8-3-2-4-10(5-8)12-6-9(11)7-13/h8-10,13H,2-7,11H2,1H3. The van der Waals surface area contributed by atoms with Crippen molar-refractivity contribution >= 4 is 12.6 Å². The molecule has 2 nitrogen and oxygen atoms in total. The first kappa shape index (κ1) is 11.3. The minimum Gasteiger partial charge on any atom is -0.377 e. The van der Waals surface area contributed by atoms with Crippen LogP contribution in [0.5, 0.6) is 0 Å². The molecule has 0 aromatic heterocycles. The van der Waals surface area contributed by atoms with Gasteiger partial charge < -0.3 is 10.5 Å². The summed E-state index contributed by atoms with van der Waals surface area (Å²) in [5.41, 5.74) is 5.72. The molecule has 3 heteroatoms. The van der Waals surface area contributed by atoms with Gasteiger partial charge in [-0.1, -0.05) is 19.8 Å². The molecule has 3 atom stereocenters. The second-order valence-electron chi connectivity index (χ2n) is 4.17. The van der Waals surface area contributed by atoms with E-state index in [-0.39, 0.29) is 6.04 Å². The maximum Gasteiger partial charge on any atom is 0.0629 e. The Morgan fingerprint density at radius 1 is 1.54 bits per heavy atom. The number of ether oxygens (including phenoxy) is 1. The van der Waals surface area contributed by atoms with Crippen LogP contribution in [0, 0.1) is 5.92 Å². The monoisotopic (exact) mass is 203 g/mol. The van der Waals surface area contributed by atoms with Gasteiger partial charge in [-0.05, 0) is 18.8 Å². The van der Waals surface area contributed by atoms with Gasteiger partial charge in [0.1, 0.15) is 0 Å². The van der Waals surface area contributed by atoms with Crippen molar-refractivity contribution in [3.8, 4) is 0 Å². The molecule has 0 spiro atoms. The van der Waals surface area contributed by atoms with Crippen LogP contribution in [0.1, 0.15) is 32.6 Å². The Morgan fingerprint density at radius 2 is 2.31 bits per heavy atom. The van der Waals surface area contributed by atoms with E-state index >= 15 is 0 Å². The molecule has 1 saturated carbocycles. The molecule has 1 fully saturated rings. The zero-order valence-corrected chi connectivity index (χ0v) is 9.30. The Kier molecular flexibility index (Phi) is 5.14. The molecular weight excluding hydrogens is 182 g/mol. The maximum atomic E-state index is 5.73. The van der Waals surface area contributed by atoms with Crippen molar-refractivity contribution in [3.05, 3.63) is 0 Å². The Morgan fingerprint density at radius 3 is 2.92 bits per heavy atom. The van der Waals surface area contributed by atoms with Crippen molar-refractivity contribution in [2.45, 2.75) is 44.8 Å². The van der Waals surface area contributed by atoms with Gasteiger partial charge in [0, 0.05) is 11.8 Å². The van der Waals surface area contributed by atoms with Crippen LogP contribution in [0.3, 0.4) is 0 Å². The third-order valence-electron chi connectivity index (χ3n) is 2.67. The SMILES string of the molecule is CC1CCCC(OCC(N)CS)C1. The van der Waals surface area contributed by atoms with Gasteiger partial charge in [0.15, 0.2) is 0 Å². The summed E-state index contributed by atoms with van der Waals surface area (Å²) in [6.45, 7) is 2.97. The van der Waals surface area contributed by atoms with E-state index in [0.717, 1.165) is 5.92 Å². The first-order chi connectivity index (χ1) is 6.22. The summed E-state index contributed by atoms with van der Waals surface area (Å²) in [7, 11) is 0. The smallest absolute Gasteiger partial charge is 0.0629 e. The van der Waals surface area contributed by atoms with Crippen LogP contribution < -0.4 is 5.73 Å². The molecule has 0 radical (unpaired) electrons. The first-order valence-electron chi connectivity index (χ1n) is 5.20. The predicted octanol–water partition coefficient (Wildman–Crippen LogP) is 1.84. The third kappa shape index (κ3) is 4.34. The average molecular weight is 203 g/mol. The van der Waals surface area contributed by atoms with Crippen molar-refractivity contribution in [3.63, 3.8) is 0 Å². The van der Waals surface area contributed by atoms with Crippen molar-refractivity contribution in [1.29, 1.82) is 0 Å². The minimum absolute atomic E-state index is 0.0977. The number of thiol groups is 1. The van der Waals surface area contributed by atoms with Crippen molar-refractivity contribution in [2.75, 3.05) is 12.4 Å². The fourth-order valence-electron chi connectivity index (χ4n) is 1.84. The number of hydrogen-bond donors (Lipinski definition) is 2. The zero-order chi connectivity index (χ0) is 9.68. The molecular formula is C10H21NOS. The summed E-state index contributed by atoms with van der Waals surface area (Å²) in [6, 6.07) is 0.0977. The Labute approximate surface area is 86.6 Å². The van der Waals surface area contributed by atoms with Crippen LogP contribution in [0.2, 0.25) is 0 Å². The molecule has 0 aromatic rings. The molecule has 2 N–H and O–H groups in total. The molecule has 0 aliphatic heterocycles. The van der Waals surface area contributed by atoms with E-state index < -0.39 is 0 Å². The fraction of sp³-hybridized carbons (Fsp3) is 1.00. The quantitative estimate of drug-likeness (QED) is 0.684. The molecule has 0 amide bonds. The normalized spacial score (nSPS) is 31.6. The second-order valence-corrected chi connectivity index (χ2v) is 4.53. The summed E-state index contributed by atoms with van der Waals surface area (Å²) in [5, 5.41) is 0. The Balaban J connectivity index is 2.13. The molecule has 0 heterocycles. The van der Waals surface area contributed by atoms with Crippen LogP contribution in [0.4, 0.5) is 0 Å². The highest BCUT2D eigenvalue weighted by Crippen LogP contribution is 2.25. The molecule has 1 aliphatic carbocycles.